The molecule has 1 aliphatic heterocycles. The SMILES string of the molecule is COc1ccc(NC(=O)N(C)C[C@H]2OCCCC[C@H](C)Oc3ccc(NC(=O)C4CCCCC4)cc3C(=O)N([C@H](C)CO)C[C@@H]2C)cc1. The number of fused-ring (bicyclic) bond motifs is 1. The van der Waals surface area contributed by atoms with Crippen molar-refractivity contribution in [1.29, 1.82) is 0 Å². The number of aliphatic hydroxyl groups excluding tert-OH is 1. The molecule has 0 spiro atoms. The molecule has 0 bridgehead atoms. The van der Waals surface area contributed by atoms with Crippen molar-refractivity contribution in [3.63, 3.8) is 0 Å². The molecule has 11 nitrogen and oxygen atoms in total. The molecule has 0 radical (unpaired) electrons. The number of anilines is 2. The number of methoxy groups -OCH3 is 1. The van der Waals surface area contributed by atoms with E-state index in [4.69, 9.17) is 14.2 Å². The number of benzene rings is 2. The highest BCUT2D eigenvalue weighted by Crippen LogP contribution is 2.30. The molecule has 0 saturated heterocycles. The van der Waals surface area contributed by atoms with Crippen molar-refractivity contribution in [2.45, 2.75) is 90.4 Å². The van der Waals surface area contributed by atoms with Crippen molar-refractivity contribution in [3.8, 4) is 11.5 Å². The van der Waals surface area contributed by atoms with E-state index in [1.165, 1.54) is 0 Å². The molecule has 1 aliphatic carbocycles. The monoisotopic (exact) mass is 666 g/mol. The number of ether oxygens (including phenoxy) is 3. The quantitative estimate of drug-likeness (QED) is 0.307. The number of nitrogens with zero attached hydrogens (tertiary/aromatic N) is 2. The first-order valence-corrected chi connectivity index (χ1v) is 17.4. The first-order chi connectivity index (χ1) is 23.1. The molecule has 2 aromatic rings. The molecule has 2 aliphatic rings. The summed E-state index contributed by atoms with van der Waals surface area (Å²) in [4.78, 5) is 43.8. The molecule has 4 atom stereocenters. The number of likely N-dealkylation sites (N-methyl/N-ethyl adjacent to an activating group) is 1. The molecule has 3 N–H and O–H groups in total. The lowest BCUT2D eigenvalue weighted by Gasteiger charge is -2.35. The van der Waals surface area contributed by atoms with E-state index in [1.807, 2.05) is 13.8 Å². The van der Waals surface area contributed by atoms with E-state index >= 15 is 0 Å². The van der Waals surface area contributed by atoms with Crippen LogP contribution < -0.4 is 20.1 Å². The number of carbonyl (C=O) groups is 3. The normalized spacial score (nSPS) is 22.0. The van der Waals surface area contributed by atoms with Crippen LogP contribution >= 0.6 is 0 Å². The van der Waals surface area contributed by atoms with Crippen LogP contribution in [0.25, 0.3) is 0 Å². The lowest BCUT2D eigenvalue weighted by molar-refractivity contribution is -0.120. The van der Waals surface area contributed by atoms with Gasteiger partial charge in [-0.15, -0.1) is 0 Å². The minimum absolute atomic E-state index is 0.0216. The summed E-state index contributed by atoms with van der Waals surface area (Å²) in [6.45, 7) is 6.61. The Hall–Kier alpha value is -3.83. The summed E-state index contributed by atoms with van der Waals surface area (Å²) in [7, 11) is 3.31. The lowest BCUT2D eigenvalue weighted by atomic mass is 9.88. The van der Waals surface area contributed by atoms with Gasteiger partial charge >= 0.3 is 6.03 Å². The number of nitrogens with one attached hydrogen (secondary N) is 2. The molecular formula is C37H54N4O7. The molecule has 1 saturated carbocycles. The summed E-state index contributed by atoms with van der Waals surface area (Å²) in [6, 6.07) is 11.6. The van der Waals surface area contributed by atoms with Gasteiger partial charge in [0.15, 0.2) is 0 Å². The minimum atomic E-state index is -0.504. The molecular weight excluding hydrogens is 612 g/mol. The zero-order valence-electron chi connectivity index (χ0n) is 29.2. The van der Waals surface area contributed by atoms with Crippen molar-refractivity contribution >= 4 is 29.2 Å². The maximum Gasteiger partial charge on any atom is 0.321 e. The van der Waals surface area contributed by atoms with E-state index in [9.17, 15) is 19.5 Å². The standard InChI is InChI=1S/C37H54N4O7/c1-25-22-41(26(2)24-42)36(44)32-21-30(38-35(43)28-12-7-6-8-13-28)16-19-33(32)48-27(3)11-9-10-20-47-34(25)23-40(4)37(45)39-29-14-17-31(46-5)18-15-29/h14-19,21,25-28,34,42H,6-13,20,22-24H2,1-5H3,(H,38,43)(H,39,45)/t25-,26+,27-,34+/m0/s1. The Bertz CT molecular complexity index is 1350. The first kappa shape index (κ1) is 37.0. The van der Waals surface area contributed by atoms with E-state index in [1.54, 1.807) is 73.3 Å². The molecule has 4 amide bonds. The Kier molecular flexibility index (Phi) is 13.9. The van der Waals surface area contributed by atoms with Crippen LogP contribution in [0.1, 0.15) is 82.5 Å². The van der Waals surface area contributed by atoms with E-state index in [0.29, 0.717) is 41.6 Å². The van der Waals surface area contributed by atoms with Gasteiger partial charge in [-0.2, -0.15) is 0 Å². The van der Waals surface area contributed by atoms with Gasteiger partial charge in [-0.1, -0.05) is 26.2 Å². The Morgan fingerprint density at radius 2 is 1.69 bits per heavy atom. The molecule has 2 aromatic carbocycles. The van der Waals surface area contributed by atoms with Gasteiger partial charge in [-0.3, -0.25) is 9.59 Å². The van der Waals surface area contributed by atoms with Gasteiger partial charge in [0.2, 0.25) is 5.91 Å². The summed E-state index contributed by atoms with van der Waals surface area (Å²) in [5.74, 6) is 0.598. The van der Waals surface area contributed by atoms with Crippen LogP contribution in [0.4, 0.5) is 16.2 Å². The fourth-order valence-corrected chi connectivity index (χ4v) is 6.32. The second-order valence-corrected chi connectivity index (χ2v) is 13.4. The molecule has 0 aromatic heterocycles. The zero-order chi connectivity index (χ0) is 34.6. The number of hydrogen-bond donors (Lipinski definition) is 3. The third kappa shape index (κ3) is 10.3. The summed E-state index contributed by atoms with van der Waals surface area (Å²) in [5.41, 5.74) is 1.53. The van der Waals surface area contributed by atoms with Gasteiger partial charge in [0, 0.05) is 50.0 Å². The van der Waals surface area contributed by atoms with E-state index in [-0.39, 0.29) is 55.0 Å². The third-order valence-corrected chi connectivity index (χ3v) is 9.44. The van der Waals surface area contributed by atoms with Crippen molar-refractivity contribution in [1.82, 2.24) is 9.80 Å². The Morgan fingerprint density at radius 3 is 2.38 bits per heavy atom. The van der Waals surface area contributed by atoms with Crippen LogP contribution in [-0.4, -0.2) is 91.5 Å². The molecule has 0 unspecified atom stereocenters. The summed E-state index contributed by atoms with van der Waals surface area (Å²) in [6.07, 6.45) is 6.90. The van der Waals surface area contributed by atoms with Gasteiger partial charge in [0.05, 0.1) is 37.5 Å². The number of hydrogen-bond acceptors (Lipinski definition) is 7. The van der Waals surface area contributed by atoms with Crippen LogP contribution in [0.3, 0.4) is 0 Å². The maximum absolute atomic E-state index is 14.4. The fourth-order valence-electron chi connectivity index (χ4n) is 6.32. The summed E-state index contributed by atoms with van der Waals surface area (Å²) >= 11 is 0. The van der Waals surface area contributed by atoms with Crippen molar-refractivity contribution < 1.29 is 33.7 Å². The predicted molar refractivity (Wildman–Crippen MR) is 187 cm³/mol. The van der Waals surface area contributed by atoms with Crippen molar-refractivity contribution in [3.05, 3.63) is 48.0 Å². The van der Waals surface area contributed by atoms with E-state index < -0.39 is 6.04 Å². The Balaban J connectivity index is 1.56. The minimum Gasteiger partial charge on any atom is -0.497 e. The van der Waals surface area contributed by atoms with E-state index in [0.717, 1.165) is 51.4 Å². The predicted octanol–water partition coefficient (Wildman–Crippen LogP) is 6.17. The van der Waals surface area contributed by atoms with Crippen molar-refractivity contribution in [2.75, 3.05) is 51.1 Å². The number of amides is 4. The highest BCUT2D eigenvalue weighted by Gasteiger charge is 2.31. The molecule has 1 fully saturated rings. The highest BCUT2D eigenvalue weighted by atomic mass is 16.5. The number of rotatable bonds is 8. The van der Waals surface area contributed by atoms with Gasteiger partial charge in [0.1, 0.15) is 11.5 Å². The summed E-state index contributed by atoms with van der Waals surface area (Å²) < 4.78 is 17.9. The maximum atomic E-state index is 14.4. The van der Waals surface area contributed by atoms with Crippen LogP contribution in [0.15, 0.2) is 42.5 Å². The third-order valence-electron chi connectivity index (χ3n) is 9.44. The largest absolute Gasteiger partial charge is 0.497 e. The molecule has 264 valence electrons. The molecule has 48 heavy (non-hydrogen) atoms. The average molecular weight is 667 g/mol. The Morgan fingerprint density at radius 1 is 1.00 bits per heavy atom. The van der Waals surface area contributed by atoms with Gasteiger partial charge in [0.25, 0.3) is 5.91 Å². The van der Waals surface area contributed by atoms with Gasteiger partial charge < -0.3 is 39.8 Å². The second-order valence-electron chi connectivity index (χ2n) is 13.4. The number of urea groups is 1. The van der Waals surface area contributed by atoms with Gasteiger partial charge in [-0.05, 0) is 88.4 Å². The summed E-state index contributed by atoms with van der Waals surface area (Å²) in [5, 5.41) is 16.2. The fraction of sp³-hybridized carbons (Fsp3) is 0.595. The first-order valence-electron chi connectivity index (χ1n) is 17.4. The van der Waals surface area contributed by atoms with E-state index in [2.05, 4.69) is 10.6 Å². The van der Waals surface area contributed by atoms with Gasteiger partial charge in [-0.25, -0.2) is 4.79 Å². The van der Waals surface area contributed by atoms with Crippen molar-refractivity contribution in [2.24, 2.45) is 11.8 Å². The zero-order valence-corrected chi connectivity index (χ0v) is 29.2. The lowest BCUT2D eigenvalue weighted by Crippen LogP contribution is -2.48. The average Bonchev–Trinajstić information content (AvgIpc) is 3.10. The smallest absolute Gasteiger partial charge is 0.321 e. The number of aliphatic hydroxyl groups is 1. The second kappa shape index (κ2) is 18.1. The molecule has 11 heteroatoms. The molecule has 4 rings (SSSR count). The number of carbonyl (C=O) groups excluding carboxylic acids is 3. The van der Waals surface area contributed by atoms with Crippen LogP contribution in [0, 0.1) is 11.8 Å². The Labute approximate surface area is 285 Å². The van der Waals surface area contributed by atoms with Crippen LogP contribution in [0.2, 0.25) is 0 Å². The van der Waals surface area contributed by atoms with Crippen LogP contribution in [-0.2, 0) is 9.53 Å². The van der Waals surface area contributed by atoms with Crippen LogP contribution in [0.5, 0.6) is 11.5 Å². The highest BCUT2D eigenvalue weighted by molar-refractivity contribution is 6.00. The topological polar surface area (TPSA) is 130 Å². The molecule has 1 heterocycles.